The molecule has 4 amide bonds. The molecular weight excluding hydrogens is 1520 g/mol. The molecule has 0 aliphatic carbocycles. The number of aryl methyl sites for hydroxylation is 3. The van der Waals surface area contributed by atoms with Gasteiger partial charge in [-0.15, -0.1) is 0 Å². The Hall–Kier alpha value is -10.9. The van der Waals surface area contributed by atoms with E-state index in [9.17, 15) is 40.8 Å². The lowest BCUT2D eigenvalue weighted by atomic mass is 10.1. The Morgan fingerprint density at radius 1 is 0.449 bits per heavy atom. The number of hydrogen-bond donors (Lipinski definition) is 7. The fraction of sp³-hybridized carbons (Fsp3) is 0.104. The lowest BCUT2D eigenvalue weighted by molar-refractivity contribution is -0.141. The number of halogens is 9. The first-order chi connectivity index (χ1) is 51.1. The van der Waals surface area contributed by atoms with Gasteiger partial charge in [-0.3, -0.25) is 48.8 Å². The fourth-order valence-electron chi connectivity index (χ4n) is 9.76. The maximum absolute atomic E-state index is 12.7. The number of aliphatic hydroxyl groups is 1. The molecular formula is C77H62Cl6F3N13O7S. The van der Waals surface area contributed by atoms with Crippen molar-refractivity contribution in [3.05, 3.63) is 300 Å². The molecule has 30 heteroatoms. The van der Waals surface area contributed by atoms with Crippen LogP contribution in [0.2, 0.25) is 30.1 Å². The average Bonchev–Trinajstić information content (AvgIpc) is 0.830. The minimum atomic E-state index is -4.56. The Labute approximate surface area is 643 Å². The number of sulfonamides is 1. The molecule has 12 rings (SSSR count). The Morgan fingerprint density at radius 2 is 0.897 bits per heavy atom. The first-order valence-corrected chi connectivity index (χ1v) is 36.2. The maximum Gasteiger partial charge on any atom is 0.433 e. The van der Waals surface area contributed by atoms with Gasteiger partial charge in [-0.05, 0) is 190 Å². The van der Waals surface area contributed by atoms with Gasteiger partial charge < -0.3 is 31.7 Å². The van der Waals surface area contributed by atoms with Gasteiger partial charge in [-0.2, -0.15) is 13.2 Å². The molecule has 0 radical (unpaired) electrons. The van der Waals surface area contributed by atoms with Crippen LogP contribution in [-0.2, 0) is 22.6 Å². The van der Waals surface area contributed by atoms with Gasteiger partial charge >= 0.3 is 6.18 Å². The topological polar surface area (TPSA) is 285 Å². The van der Waals surface area contributed by atoms with Crippen molar-refractivity contribution in [2.24, 2.45) is 0 Å². The summed E-state index contributed by atoms with van der Waals surface area (Å²) in [4.78, 5) is 78.9. The zero-order chi connectivity index (χ0) is 77.0. The van der Waals surface area contributed by atoms with Crippen LogP contribution in [0.1, 0.15) is 71.0 Å². The number of pyridine rings is 7. The van der Waals surface area contributed by atoms with Gasteiger partial charge in [0.1, 0.15) is 11.5 Å². The third kappa shape index (κ3) is 23.0. The number of rotatable bonds is 18. The van der Waals surface area contributed by atoms with Crippen molar-refractivity contribution in [3.63, 3.8) is 0 Å². The standard InChI is InChI=1S/C20H15ClF3N3O.C19H16Cl2N4O2.C19H15Cl2N3O3S.C19H16ClN3O/c1-11-3-7-17(25-10-11)15-9-13(4-6-16(15)21)27-19(28)14-5-8-18(20(22,23)24)26-12(14)2;20-15-5-4-13(10-14(15)17-3-1-2-6-22-17)25-19(27)12-9-16(21)18(24-11-12)23-7-8-26;1-28(26,27)24-13-5-7-14(17(21)11-13)19(25)23-12-6-8-16(20)15(10-12)18-4-2-3-9-22-18;1-2-14-7-6-13(12-22-14)19(24)23-15-8-9-17(20)16(11-15)18-5-3-4-10-21-18/h3-10H,1-2H3,(H,27,28);1-6,9-11,26H,7-8H2,(H,23,24)(H,25,27);2-11,24H,1H3,(H,23,25);3-12H,2H2,1H3,(H,23,24). The van der Waals surface area contributed by atoms with Gasteiger partial charge in [0.25, 0.3) is 23.6 Å². The Morgan fingerprint density at radius 3 is 1.29 bits per heavy atom. The summed E-state index contributed by atoms with van der Waals surface area (Å²) in [7, 11) is -3.44. The molecule has 5 aromatic carbocycles. The number of nitrogens with one attached hydrogen (secondary N) is 6. The number of carbonyl (C=O) groups is 4. The average molecular weight is 1580 g/mol. The zero-order valence-corrected chi connectivity index (χ0v) is 62.2. The van der Waals surface area contributed by atoms with E-state index in [1.165, 1.54) is 37.4 Å². The number of aromatic nitrogens is 7. The molecule has 0 unspecified atom stereocenters. The van der Waals surface area contributed by atoms with Crippen molar-refractivity contribution in [3.8, 4) is 45.0 Å². The van der Waals surface area contributed by atoms with Crippen LogP contribution >= 0.6 is 69.6 Å². The van der Waals surface area contributed by atoms with Crippen molar-refractivity contribution in [2.45, 2.75) is 33.4 Å². The van der Waals surface area contributed by atoms with E-state index in [2.05, 4.69) is 66.2 Å². The van der Waals surface area contributed by atoms with Crippen molar-refractivity contribution in [1.82, 2.24) is 34.9 Å². The molecule has 7 N–H and O–H groups in total. The van der Waals surface area contributed by atoms with Crippen molar-refractivity contribution >= 4 is 138 Å². The minimum Gasteiger partial charge on any atom is -0.395 e. The number of aliphatic hydroxyl groups excluding tert-OH is 1. The number of benzene rings is 5. The second-order valence-electron chi connectivity index (χ2n) is 23.0. The molecule has 0 atom stereocenters. The molecule has 20 nitrogen and oxygen atoms in total. The first kappa shape index (κ1) is 80.2. The van der Waals surface area contributed by atoms with Crippen LogP contribution in [0, 0.1) is 13.8 Å². The van der Waals surface area contributed by atoms with Crippen LogP contribution in [-0.4, -0.2) is 91.4 Å². The predicted molar refractivity (Wildman–Crippen MR) is 418 cm³/mol. The highest BCUT2D eigenvalue weighted by molar-refractivity contribution is 7.92. The van der Waals surface area contributed by atoms with Crippen molar-refractivity contribution in [1.29, 1.82) is 0 Å². The SMILES string of the molecule is CCc1ccc(C(=O)Nc2ccc(Cl)c(-c3ccccn3)c2)cn1.CS(=O)(=O)Nc1ccc(C(=O)Nc2ccc(Cl)c(-c3ccccn3)c2)c(Cl)c1.Cc1ccc(-c2cc(NC(=O)c3ccc(C(F)(F)F)nc3C)ccc2Cl)nc1.O=C(Nc1ccc(Cl)c(-c2ccccn2)c1)c1cnc(NCCO)c(Cl)c1. The van der Waals surface area contributed by atoms with Crippen LogP contribution in [0.15, 0.2) is 225 Å². The molecule has 107 heavy (non-hydrogen) atoms. The maximum atomic E-state index is 12.7. The van der Waals surface area contributed by atoms with E-state index in [1.54, 1.807) is 110 Å². The van der Waals surface area contributed by atoms with Gasteiger partial charge in [0, 0.05) is 100 Å². The van der Waals surface area contributed by atoms with E-state index in [1.807, 2.05) is 86.6 Å². The summed E-state index contributed by atoms with van der Waals surface area (Å²) in [5, 5.41) is 25.3. The third-order valence-corrected chi connectivity index (χ3v) is 17.5. The predicted octanol–water partition coefficient (Wildman–Crippen LogP) is 19.1. The Kier molecular flexibility index (Phi) is 28.0. The Balaban J connectivity index is 0.000000165. The molecule has 0 bridgehead atoms. The molecule has 546 valence electrons. The van der Waals surface area contributed by atoms with Gasteiger partial charge in [0.2, 0.25) is 10.0 Å². The summed E-state index contributed by atoms with van der Waals surface area (Å²) in [6.07, 6.45) is 7.05. The van der Waals surface area contributed by atoms with E-state index in [0.717, 1.165) is 52.9 Å². The summed E-state index contributed by atoms with van der Waals surface area (Å²) in [5.74, 6) is -1.16. The molecule has 0 aliphatic heterocycles. The monoisotopic (exact) mass is 1580 g/mol. The highest BCUT2D eigenvalue weighted by Crippen LogP contribution is 2.35. The van der Waals surface area contributed by atoms with Gasteiger partial charge in [0.05, 0.1) is 93.7 Å². The highest BCUT2D eigenvalue weighted by Gasteiger charge is 2.33. The van der Waals surface area contributed by atoms with Gasteiger partial charge in [0.15, 0.2) is 0 Å². The number of nitrogens with zero attached hydrogens (tertiary/aromatic N) is 7. The van der Waals surface area contributed by atoms with E-state index in [-0.39, 0.29) is 46.0 Å². The Bertz CT molecular complexity index is 5280. The van der Waals surface area contributed by atoms with Crippen molar-refractivity contribution < 1.29 is 45.9 Å². The first-order valence-electron chi connectivity index (χ1n) is 32.0. The smallest absolute Gasteiger partial charge is 0.395 e. The van der Waals surface area contributed by atoms with Crippen LogP contribution < -0.4 is 31.3 Å². The summed E-state index contributed by atoms with van der Waals surface area (Å²) in [6.45, 7) is 5.56. The quantitative estimate of drug-likeness (QED) is 0.0420. The van der Waals surface area contributed by atoms with Crippen LogP contribution in [0.3, 0.4) is 0 Å². The second-order valence-corrected chi connectivity index (χ2v) is 27.1. The van der Waals surface area contributed by atoms with E-state index in [0.29, 0.717) is 99.6 Å². The lowest BCUT2D eigenvalue weighted by Crippen LogP contribution is -2.16. The van der Waals surface area contributed by atoms with E-state index in [4.69, 9.17) is 74.7 Å². The molecule has 0 aliphatic rings. The molecule has 12 aromatic rings. The molecule has 7 aromatic heterocycles. The third-order valence-electron chi connectivity index (χ3n) is 15.0. The largest absolute Gasteiger partial charge is 0.433 e. The molecule has 7 heterocycles. The number of hydrogen-bond acceptors (Lipinski definition) is 15. The normalized spacial score (nSPS) is 10.9. The summed E-state index contributed by atoms with van der Waals surface area (Å²) >= 11 is 37.3. The second kappa shape index (κ2) is 37.4. The highest BCUT2D eigenvalue weighted by atomic mass is 35.5. The number of anilines is 6. The van der Waals surface area contributed by atoms with Crippen LogP contribution in [0.4, 0.5) is 47.4 Å². The number of carbonyl (C=O) groups excluding carboxylic acids is 4. The lowest BCUT2D eigenvalue weighted by Gasteiger charge is -2.12. The van der Waals surface area contributed by atoms with Crippen LogP contribution in [0.25, 0.3) is 45.0 Å². The molecule has 0 saturated heterocycles. The van der Waals surface area contributed by atoms with E-state index >= 15 is 0 Å². The van der Waals surface area contributed by atoms with Crippen LogP contribution in [0.5, 0.6) is 0 Å². The minimum absolute atomic E-state index is 0.0123. The van der Waals surface area contributed by atoms with E-state index < -0.39 is 33.7 Å². The molecule has 0 fully saturated rings. The number of amides is 4. The molecule has 0 spiro atoms. The fourth-order valence-corrected chi connectivity index (χ4v) is 11.7. The van der Waals surface area contributed by atoms with Gasteiger partial charge in [-0.1, -0.05) is 101 Å². The van der Waals surface area contributed by atoms with Crippen molar-refractivity contribution in [2.75, 3.05) is 50.7 Å². The van der Waals surface area contributed by atoms with Gasteiger partial charge in [-0.25, -0.2) is 18.4 Å². The number of alkyl halides is 3. The summed E-state index contributed by atoms with van der Waals surface area (Å²) in [6, 6.07) is 52.0. The summed E-state index contributed by atoms with van der Waals surface area (Å²) < 4.78 is 63.1. The zero-order valence-electron chi connectivity index (χ0n) is 56.8. The molecule has 0 saturated carbocycles. The summed E-state index contributed by atoms with van der Waals surface area (Å²) in [5.41, 5.74) is 10.0.